The van der Waals surface area contributed by atoms with E-state index in [4.69, 9.17) is 0 Å². The van der Waals surface area contributed by atoms with Gasteiger partial charge in [0.05, 0.1) is 0 Å². The summed E-state index contributed by atoms with van der Waals surface area (Å²) in [4.78, 5) is 23.7. The molecule has 0 bridgehead atoms. The molecule has 26 heavy (non-hydrogen) atoms. The van der Waals surface area contributed by atoms with Gasteiger partial charge in [-0.3, -0.25) is 9.59 Å². The molecular formula is C22H20N2O2. The lowest BCUT2D eigenvalue weighted by molar-refractivity contribution is -0.115. The number of carbonyl (C=O) groups excluding carboxylic acids is 2. The van der Waals surface area contributed by atoms with Crippen LogP contribution in [-0.4, -0.2) is 11.8 Å². The summed E-state index contributed by atoms with van der Waals surface area (Å²) in [5.74, 6) is -0.149. The van der Waals surface area contributed by atoms with Gasteiger partial charge in [-0.25, -0.2) is 0 Å². The molecule has 0 aromatic heterocycles. The second-order valence-corrected chi connectivity index (χ2v) is 5.88. The molecule has 0 heterocycles. The number of hydrogen-bond acceptors (Lipinski definition) is 2. The van der Waals surface area contributed by atoms with Crippen LogP contribution in [0.15, 0.2) is 78.9 Å². The van der Waals surface area contributed by atoms with Crippen molar-refractivity contribution in [3.05, 3.63) is 84.4 Å². The van der Waals surface area contributed by atoms with Gasteiger partial charge in [0.25, 0.3) is 5.91 Å². The third-order valence-electron chi connectivity index (χ3n) is 3.98. The van der Waals surface area contributed by atoms with Crippen LogP contribution in [0.1, 0.15) is 23.7 Å². The molecule has 0 unspecified atom stereocenters. The lowest BCUT2D eigenvalue weighted by atomic mass is 10.0. The molecule has 3 rings (SSSR count). The van der Waals surface area contributed by atoms with Crippen molar-refractivity contribution in [3.8, 4) is 11.1 Å². The predicted molar refractivity (Wildman–Crippen MR) is 105 cm³/mol. The summed E-state index contributed by atoms with van der Waals surface area (Å²) in [5, 5.41) is 5.75. The van der Waals surface area contributed by atoms with Gasteiger partial charge in [0.1, 0.15) is 0 Å². The van der Waals surface area contributed by atoms with E-state index in [-0.39, 0.29) is 11.8 Å². The molecule has 4 nitrogen and oxygen atoms in total. The Morgan fingerprint density at radius 3 is 2.15 bits per heavy atom. The summed E-state index contributed by atoms with van der Waals surface area (Å²) < 4.78 is 0. The van der Waals surface area contributed by atoms with Gasteiger partial charge in [0.2, 0.25) is 5.91 Å². The van der Waals surface area contributed by atoms with Crippen LogP contribution in [0.2, 0.25) is 0 Å². The Kier molecular flexibility index (Phi) is 5.44. The summed E-state index contributed by atoms with van der Waals surface area (Å²) in [5.41, 5.74) is 4.14. The van der Waals surface area contributed by atoms with Crippen molar-refractivity contribution in [1.29, 1.82) is 0 Å². The van der Waals surface area contributed by atoms with E-state index in [0.717, 1.165) is 22.5 Å². The number of amides is 2. The fraction of sp³-hybridized carbons (Fsp3) is 0.0909. The van der Waals surface area contributed by atoms with Crippen LogP contribution in [-0.2, 0) is 4.79 Å². The normalized spacial score (nSPS) is 10.2. The Hall–Kier alpha value is -3.40. The number of benzene rings is 3. The minimum absolute atomic E-state index is 0.0128. The maximum absolute atomic E-state index is 12.2. The number of rotatable bonds is 5. The number of carbonyl (C=O) groups is 2. The van der Waals surface area contributed by atoms with Crippen molar-refractivity contribution in [1.82, 2.24) is 0 Å². The molecule has 0 radical (unpaired) electrons. The van der Waals surface area contributed by atoms with E-state index in [9.17, 15) is 9.59 Å². The van der Waals surface area contributed by atoms with Gasteiger partial charge in [-0.1, -0.05) is 49.4 Å². The first-order valence-corrected chi connectivity index (χ1v) is 8.52. The van der Waals surface area contributed by atoms with Crippen LogP contribution in [0.25, 0.3) is 11.1 Å². The fourth-order valence-corrected chi connectivity index (χ4v) is 2.56. The molecule has 3 aromatic rings. The quantitative estimate of drug-likeness (QED) is 0.688. The third kappa shape index (κ3) is 4.36. The summed E-state index contributed by atoms with van der Waals surface area (Å²) >= 11 is 0. The highest BCUT2D eigenvalue weighted by molar-refractivity contribution is 6.04. The monoisotopic (exact) mass is 344 g/mol. The molecule has 0 spiro atoms. The van der Waals surface area contributed by atoms with Crippen molar-refractivity contribution in [2.75, 3.05) is 10.6 Å². The third-order valence-corrected chi connectivity index (χ3v) is 3.98. The number of nitrogens with one attached hydrogen (secondary N) is 2. The van der Waals surface area contributed by atoms with E-state index in [1.165, 1.54) is 0 Å². The lowest BCUT2D eigenvalue weighted by Gasteiger charge is -2.09. The standard InChI is InChI=1S/C22H20N2O2/c1-2-21(25)23-20-10-6-9-18(15-20)16-11-13-19(14-12-16)24-22(26)17-7-4-3-5-8-17/h3-15H,2H2,1H3,(H,23,25)(H,24,26). The largest absolute Gasteiger partial charge is 0.326 e. The van der Waals surface area contributed by atoms with E-state index >= 15 is 0 Å². The SMILES string of the molecule is CCC(=O)Nc1cccc(-c2ccc(NC(=O)c3ccccc3)cc2)c1. The molecule has 2 amide bonds. The Bertz CT molecular complexity index is 903. The summed E-state index contributed by atoms with van der Waals surface area (Å²) in [6, 6.07) is 24.4. The van der Waals surface area contributed by atoms with Crippen molar-refractivity contribution >= 4 is 23.2 Å². The zero-order chi connectivity index (χ0) is 18.4. The molecule has 4 heteroatoms. The molecular weight excluding hydrogens is 324 g/mol. The smallest absolute Gasteiger partial charge is 0.255 e. The molecule has 0 fully saturated rings. The average molecular weight is 344 g/mol. The Balaban J connectivity index is 1.72. The van der Waals surface area contributed by atoms with E-state index < -0.39 is 0 Å². The Morgan fingerprint density at radius 2 is 1.46 bits per heavy atom. The summed E-state index contributed by atoms with van der Waals surface area (Å²) in [7, 11) is 0. The maximum Gasteiger partial charge on any atom is 0.255 e. The van der Waals surface area contributed by atoms with Gasteiger partial charge in [0.15, 0.2) is 0 Å². The van der Waals surface area contributed by atoms with E-state index in [1.807, 2.05) is 73.7 Å². The van der Waals surface area contributed by atoms with Gasteiger partial charge in [-0.2, -0.15) is 0 Å². The van der Waals surface area contributed by atoms with Crippen LogP contribution >= 0.6 is 0 Å². The van der Waals surface area contributed by atoms with Crippen LogP contribution in [0.3, 0.4) is 0 Å². The highest BCUT2D eigenvalue weighted by Crippen LogP contribution is 2.24. The van der Waals surface area contributed by atoms with E-state index in [2.05, 4.69) is 10.6 Å². The van der Waals surface area contributed by atoms with Crippen molar-refractivity contribution < 1.29 is 9.59 Å². The highest BCUT2D eigenvalue weighted by Gasteiger charge is 2.06. The molecule has 3 aromatic carbocycles. The average Bonchev–Trinajstić information content (AvgIpc) is 2.69. The van der Waals surface area contributed by atoms with E-state index in [1.54, 1.807) is 12.1 Å². The van der Waals surface area contributed by atoms with E-state index in [0.29, 0.717) is 12.0 Å². The molecule has 130 valence electrons. The predicted octanol–water partition coefficient (Wildman–Crippen LogP) is 4.95. The van der Waals surface area contributed by atoms with Crippen molar-refractivity contribution in [3.63, 3.8) is 0 Å². The summed E-state index contributed by atoms with van der Waals surface area (Å²) in [6.07, 6.45) is 0.444. The van der Waals surface area contributed by atoms with Crippen molar-refractivity contribution in [2.24, 2.45) is 0 Å². The molecule has 0 aliphatic carbocycles. The Labute approximate surface area is 152 Å². The van der Waals surface area contributed by atoms with Crippen LogP contribution in [0, 0.1) is 0 Å². The zero-order valence-electron chi connectivity index (χ0n) is 14.5. The molecule has 0 saturated carbocycles. The minimum Gasteiger partial charge on any atom is -0.326 e. The maximum atomic E-state index is 12.2. The topological polar surface area (TPSA) is 58.2 Å². The van der Waals surface area contributed by atoms with Crippen molar-refractivity contribution in [2.45, 2.75) is 13.3 Å². The molecule has 0 atom stereocenters. The van der Waals surface area contributed by atoms with Crippen LogP contribution in [0.5, 0.6) is 0 Å². The first-order valence-electron chi connectivity index (χ1n) is 8.52. The second kappa shape index (κ2) is 8.12. The molecule has 0 saturated heterocycles. The summed E-state index contributed by atoms with van der Waals surface area (Å²) in [6.45, 7) is 1.82. The molecule has 2 N–H and O–H groups in total. The Morgan fingerprint density at radius 1 is 0.731 bits per heavy atom. The number of anilines is 2. The molecule has 0 aliphatic rings. The first-order chi connectivity index (χ1) is 12.7. The highest BCUT2D eigenvalue weighted by atomic mass is 16.2. The van der Waals surface area contributed by atoms with Gasteiger partial charge in [-0.15, -0.1) is 0 Å². The van der Waals surface area contributed by atoms with Gasteiger partial charge < -0.3 is 10.6 Å². The number of hydrogen-bond donors (Lipinski definition) is 2. The second-order valence-electron chi connectivity index (χ2n) is 5.88. The fourth-order valence-electron chi connectivity index (χ4n) is 2.56. The first kappa shape index (κ1) is 17.4. The van der Waals surface area contributed by atoms with Gasteiger partial charge in [-0.05, 0) is 47.5 Å². The zero-order valence-corrected chi connectivity index (χ0v) is 14.5. The lowest BCUT2D eigenvalue weighted by Crippen LogP contribution is -2.11. The molecule has 0 aliphatic heterocycles. The van der Waals surface area contributed by atoms with Gasteiger partial charge in [0, 0.05) is 23.4 Å². The minimum atomic E-state index is -0.136. The van der Waals surface area contributed by atoms with Crippen LogP contribution in [0.4, 0.5) is 11.4 Å². The van der Waals surface area contributed by atoms with Crippen LogP contribution < -0.4 is 10.6 Å². The van der Waals surface area contributed by atoms with Gasteiger partial charge >= 0.3 is 0 Å².